The van der Waals surface area contributed by atoms with Crippen molar-refractivity contribution in [3.63, 3.8) is 0 Å². The number of rotatable bonds is 2. The van der Waals surface area contributed by atoms with Crippen molar-refractivity contribution in [2.75, 3.05) is 13.1 Å². The summed E-state index contributed by atoms with van der Waals surface area (Å²) in [6, 6.07) is 7.74. The second kappa shape index (κ2) is 6.39. The Hall–Kier alpha value is -2.86. The average Bonchev–Trinajstić information content (AvgIpc) is 3.31. The van der Waals surface area contributed by atoms with Crippen molar-refractivity contribution in [2.24, 2.45) is 0 Å². The molecule has 1 N–H and O–H groups in total. The minimum Gasteiger partial charge on any atom is -0.345 e. The highest BCUT2D eigenvalue weighted by Gasteiger charge is 2.22. The smallest absolute Gasteiger partial charge is 0.257 e. The van der Waals surface area contributed by atoms with Crippen molar-refractivity contribution >= 4 is 34.1 Å². The van der Waals surface area contributed by atoms with Crippen molar-refractivity contribution in [1.29, 1.82) is 0 Å². The number of nitrogens with one attached hydrogen (secondary N) is 1. The number of aromatic amines is 1. The fourth-order valence-corrected chi connectivity index (χ4v) is 3.95. The number of pyridine rings is 2. The van der Waals surface area contributed by atoms with Crippen LogP contribution in [-0.2, 0) is 0 Å². The van der Waals surface area contributed by atoms with Crippen LogP contribution in [0, 0.1) is 0 Å². The Morgan fingerprint density at radius 1 is 1.15 bits per heavy atom. The molecule has 0 atom stereocenters. The summed E-state index contributed by atoms with van der Waals surface area (Å²) in [7, 11) is 0. The average molecular weight is 380 g/mol. The van der Waals surface area contributed by atoms with Gasteiger partial charge in [-0.05, 0) is 49.1 Å². The van der Waals surface area contributed by atoms with E-state index in [0.29, 0.717) is 10.7 Å². The van der Waals surface area contributed by atoms with Crippen LogP contribution in [0.3, 0.4) is 0 Å². The lowest BCUT2D eigenvalue weighted by Crippen LogP contribution is -2.35. The molecule has 1 fully saturated rings. The highest BCUT2D eigenvalue weighted by molar-refractivity contribution is 6.29. The van der Waals surface area contributed by atoms with Gasteiger partial charge in [0.1, 0.15) is 10.8 Å². The standard InChI is InChI=1S/C20H18ClN5O/c21-18-5-4-14-15(11-22-19(14)24-18)13-6-9-26-17(10-13)16(12-23-26)20(27)25-7-2-1-3-8-25/h4-6,9-12H,1-3,7-8H2,(H,22,24). The molecular weight excluding hydrogens is 362 g/mol. The van der Waals surface area contributed by atoms with Gasteiger partial charge in [0.15, 0.2) is 0 Å². The molecule has 6 nitrogen and oxygen atoms in total. The molecule has 136 valence electrons. The first-order valence-electron chi connectivity index (χ1n) is 9.11. The Morgan fingerprint density at radius 3 is 2.85 bits per heavy atom. The Morgan fingerprint density at radius 2 is 2.00 bits per heavy atom. The maximum Gasteiger partial charge on any atom is 0.257 e. The molecule has 0 aromatic carbocycles. The normalized spacial score (nSPS) is 14.9. The number of hydrogen-bond donors (Lipinski definition) is 1. The third kappa shape index (κ3) is 2.77. The summed E-state index contributed by atoms with van der Waals surface area (Å²) >= 11 is 5.98. The number of carbonyl (C=O) groups is 1. The summed E-state index contributed by atoms with van der Waals surface area (Å²) in [6.07, 6.45) is 8.82. The van der Waals surface area contributed by atoms with Gasteiger partial charge in [0.2, 0.25) is 0 Å². The van der Waals surface area contributed by atoms with E-state index in [1.807, 2.05) is 35.5 Å². The molecular formula is C20H18ClN5O. The summed E-state index contributed by atoms with van der Waals surface area (Å²) in [5.41, 5.74) is 4.25. The molecule has 7 heteroatoms. The van der Waals surface area contributed by atoms with Gasteiger partial charge < -0.3 is 9.88 Å². The Balaban J connectivity index is 1.59. The van der Waals surface area contributed by atoms with E-state index >= 15 is 0 Å². The summed E-state index contributed by atoms with van der Waals surface area (Å²) < 4.78 is 1.75. The molecule has 0 aliphatic carbocycles. The van der Waals surface area contributed by atoms with E-state index in [1.54, 1.807) is 16.8 Å². The second-order valence-corrected chi connectivity index (χ2v) is 7.28. The first-order chi connectivity index (χ1) is 13.2. The lowest BCUT2D eigenvalue weighted by atomic mass is 10.1. The lowest BCUT2D eigenvalue weighted by molar-refractivity contribution is 0.0726. The molecule has 0 saturated carbocycles. The fourth-order valence-electron chi connectivity index (χ4n) is 3.80. The first kappa shape index (κ1) is 16.3. The summed E-state index contributed by atoms with van der Waals surface area (Å²) in [4.78, 5) is 22.4. The van der Waals surface area contributed by atoms with Crippen molar-refractivity contribution in [2.45, 2.75) is 19.3 Å². The van der Waals surface area contributed by atoms with E-state index in [-0.39, 0.29) is 5.91 Å². The second-order valence-electron chi connectivity index (χ2n) is 6.89. The maximum absolute atomic E-state index is 13.0. The number of piperidine rings is 1. The zero-order valence-electron chi connectivity index (χ0n) is 14.7. The molecule has 0 unspecified atom stereocenters. The van der Waals surface area contributed by atoms with Crippen LogP contribution in [0.5, 0.6) is 0 Å². The van der Waals surface area contributed by atoms with Gasteiger partial charge in [0, 0.05) is 36.4 Å². The van der Waals surface area contributed by atoms with Gasteiger partial charge >= 0.3 is 0 Å². The minimum absolute atomic E-state index is 0.0641. The molecule has 0 spiro atoms. The summed E-state index contributed by atoms with van der Waals surface area (Å²) in [5.74, 6) is 0.0641. The van der Waals surface area contributed by atoms with Gasteiger partial charge in [-0.2, -0.15) is 5.10 Å². The highest BCUT2D eigenvalue weighted by atomic mass is 35.5. The number of halogens is 1. The van der Waals surface area contributed by atoms with Crippen LogP contribution in [0.4, 0.5) is 0 Å². The van der Waals surface area contributed by atoms with Crippen LogP contribution in [0.15, 0.2) is 42.9 Å². The van der Waals surface area contributed by atoms with E-state index in [9.17, 15) is 4.79 Å². The van der Waals surface area contributed by atoms with Crippen molar-refractivity contribution in [3.05, 3.63) is 53.6 Å². The number of H-pyrrole nitrogens is 1. The summed E-state index contributed by atoms with van der Waals surface area (Å²) in [5, 5.41) is 5.81. The van der Waals surface area contributed by atoms with Crippen molar-refractivity contribution < 1.29 is 4.79 Å². The van der Waals surface area contributed by atoms with E-state index < -0.39 is 0 Å². The van der Waals surface area contributed by atoms with Gasteiger partial charge in [-0.3, -0.25) is 4.79 Å². The van der Waals surface area contributed by atoms with Crippen LogP contribution >= 0.6 is 11.6 Å². The molecule has 1 saturated heterocycles. The van der Waals surface area contributed by atoms with Gasteiger partial charge in [0.25, 0.3) is 5.91 Å². The Labute approximate surface area is 160 Å². The first-order valence-corrected chi connectivity index (χ1v) is 9.49. The number of nitrogens with zero attached hydrogens (tertiary/aromatic N) is 4. The number of aromatic nitrogens is 4. The number of hydrogen-bond acceptors (Lipinski definition) is 3. The van der Waals surface area contributed by atoms with E-state index in [0.717, 1.165) is 53.6 Å². The third-order valence-electron chi connectivity index (χ3n) is 5.21. The third-order valence-corrected chi connectivity index (χ3v) is 5.42. The molecule has 27 heavy (non-hydrogen) atoms. The molecule has 1 aliphatic rings. The molecule has 0 radical (unpaired) electrons. The monoisotopic (exact) mass is 379 g/mol. The predicted octanol–water partition coefficient (Wildman–Crippen LogP) is 4.16. The van der Waals surface area contributed by atoms with Crippen molar-refractivity contribution in [1.82, 2.24) is 24.5 Å². The topological polar surface area (TPSA) is 66.3 Å². The lowest BCUT2D eigenvalue weighted by Gasteiger charge is -2.26. The molecule has 5 heterocycles. The zero-order chi connectivity index (χ0) is 18.4. The maximum atomic E-state index is 13.0. The quantitative estimate of drug-likeness (QED) is 0.532. The van der Waals surface area contributed by atoms with E-state index in [4.69, 9.17) is 11.6 Å². The number of carbonyl (C=O) groups excluding carboxylic acids is 1. The minimum atomic E-state index is 0.0641. The predicted molar refractivity (Wildman–Crippen MR) is 105 cm³/mol. The number of fused-ring (bicyclic) bond motifs is 2. The Bertz CT molecular complexity index is 1160. The Kier molecular flexibility index (Phi) is 3.86. The van der Waals surface area contributed by atoms with Crippen LogP contribution in [0.25, 0.3) is 27.7 Å². The SMILES string of the molecule is O=C(c1cnn2ccc(-c3c[nH]c4nc(Cl)ccc34)cc12)N1CCCCC1. The largest absolute Gasteiger partial charge is 0.345 e. The van der Waals surface area contributed by atoms with Gasteiger partial charge in [-0.15, -0.1) is 0 Å². The van der Waals surface area contributed by atoms with Gasteiger partial charge in [0.05, 0.1) is 17.3 Å². The highest BCUT2D eigenvalue weighted by Crippen LogP contribution is 2.30. The van der Waals surface area contributed by atoms with E-state index in [1.165, 1.54) is 6.42 Å². The van der Waals surface area contributed by atoms with Crippen LogP contribution in [-0.4, -0.2) is 43.5 Å². The fraction of sp³-hybridized carbons (Fsp3) is 0.250. The van der Waals surface area contributed by atoms with Gasteiger partial charge in [-0.1, -0.05) is 11.6 Å². The van der Waals surface area contributed by atoms with Crippen LogP contribution < -0.4 is 0 Å². The zero-order valence-corrected chi connectivity index (χ0v) is 15.4. The van der Waals surface area contributed by atoms with Crippen LogP contribution in [0.2, 0.25) is 5.15 Å². The summed E-state index contributed by atoms with van der Waals surface area (Å²) in [6.45, 7) is 1.65. The van der Waals surface area contributed by atoms with Crippen LogP contribution in [0.1, 0.15) is 29.6 Å². The van der Waals surface area contributed by atoms with Crippen molar-refractivity contribution in [3.8, 4) is 11.1 Å². The molecule has 0 bridgehead atoms. The number of likely N-dealkylation sites (tertiary alicyclic amines) is 1. The molecule has 4 aromatic rings. The van der Waals surface area contributed by atoms with Gasteiger partial charge in [-0.25, -0.2) is 9.50 Å². The molecule has 1 aliphatic heterocycles. The number of amides is 1. The molecule has 5 rings (SSSR count). The molecule has 1 amide bonds. The van der Waals surface area contributed by atoms with E-state index in [2.05, 4.69) is 15.1 Å². The molecule has 4 aromatic heterocycles.